The van der Waals surface area contributed by atoms with Gasteiger partial charge in [-0.15, -0.1) is 0 Å². The average molecular weight is 250 g/mol. The van der Waals surface area contributed by atoms with Crippen LogP contribution in [0.25, 0.3) is 0 Å². The summed E-state index contributed by atoms with van der Waals surface area (Å²) < 4.78 is 0. The Kier molecular flexibility index (Phi) is 5.65. The summed E-state index contributed by atoms with van der Waals surface area (Å²) in [5.74, 6) is -0.00796. The van der Waals surface area contributed by atoms with Gasteiger partial charge in [0.1, 0.15) is 0 Å². The first kappa shape index (κ1) is 14.5. The molecule has 1 aromatic carbocycles. The van der Waals surface area contributed by atoms with Crippen molar-refractivity contribution in [1.29, 1.82) is 0 Å². The van der Waals surface area contributed by atoms with Gasteiger partial charge < -0.3 is 16.2 Å². The molecule has 18 heavy (non-hydrogen) atoms. The van der Waals surface area contributed by atoms with Gasteiger partial charge in [-0.25, -0.2) is 0 Å². The average Bonchev–Trinajstić information content (AvgIpc) is 2.26. The van der Waals surface area contributed by atoms with Crippen LogP contribution in [0, 0.1) is 0 Å². The number of carbonyl (C=O) groups is 1. The first-order chi connectivity index (χ1) is 8.49. The number of nitrogens with two attached hydrogens (primary N) is 1. The summed E-state index contributed by atoms with van der Waals surface area (Å²) in [5, 5.41) is 12.1. The smallest absolute Gasteiger partial charge is 0.220 e. The summed E-state index contributed by atoms with van der Waals surface area (Å²) in [6, 6.07) is 7.56. The van der Waals surface area contributed by atoms with Crippen LogP contribution < -0.4 is 11.1 Å². The van der Waals surface area contributed by atoms with Gasteiger partial charge in [-0.3, -0.25) is 4.79 Å². The Balaban J connectivity index is 2.35. The second-order valence-corrected chi connectivity index (χ2v) is 4.75. The summed E-state index contributed by atoms with van der Waals surface area (Å²) in [5.41, 5.74) is 7.53. The van der Waals surface area contributed by atoms with E-state index in [-0.39, 0.29) is 11.9 Å². The van der Waals surface area contributed by atoms with Gasteiger partial charge in [-0.2, -0.15) is 0 Å². The van der Waals surface area contributed by atoms with E-state index in [2.05, 4.69) is 5.32 Å². The molecule has 0 aromatic heterocycles. The maximum absolute atomic E-state index is 11.7. The lowest BCUT2D eigenvalue weighted by molar-refractivity contribution is -0.121. The highest BCUT2D eigenvalue weighted by atomic mass is 16.3. The molecular weight excluding hydrogens is 228 g/mol. The molecule has 100 valence electrons. The monoisotopic (exact) mass is 250 g/mol. The molecular formula is C14H22N2O2. The number of aliphatic hydroxyl groups is 1. The third kappa shape index (κ3) is 5.19. The number of anilines is 1. The number of benzene rings is 1. The summed E-state index contributed by atoms with van der Waals surface area (Å²) in [4.78, 5) is 11.7. The van der Waals surface area contributed by atoms with Gasteiger partial charge in [0.25, 0.3) is 0 Å². The molecule has 1 aromatic rings. The van der Waals surface area contributed by atoms with Crippen LogP contribution in [0.2, 0.25) is 0 Å². The Bertz CT molecular complexity index is 391. The number of hydrogen-bond acceptors (Lipinski definition) is 3. The minimum absolute atomic E-state index is 0.00796. The number of rotatable bonds is 6. The summed E-state index contributed by atoms with van der Waals surface area (Å²) >= 11 is 0. The fraction of sp³-hybridized carbons (Fsp3) is 0.500. The van der Waals surface area contributed by atoms with Crippen LogP contribution in [-0.4, -0.2) is 23.2 Å². The van der Waals surface area contributed by atoms with Gasteiger partial charge >= 0.3 is 0 Å². The lowest BCUT2D eigenvalue weighted by Crippen LogP contribution is -2.34. The van der Waals surface area contributed by atoms with Crippen molar-refractivity contribution in [2.45, 2.75) is 45.3 Å². The van der Waals surface area contributed by atoms with Crippen LogP contribution in [-0.2, 0) is 11.2 Å². The second-order valence-electron chi connectivity index (χ2n) is 4.75. The first-order valence-electron chi connectivity index (χ1n) is 6.30. The lowest BCUT2D eigenvalue weighted by atomic mass is 10.1. The Morgan fingerprint density at radius 1 is 1.39 bits per heavy atom. The van der Waals surface area contributed by atoms with Crippen molar-refractivity contribution in [3.8, 4) is 0 Å². The Labute approximate surface area is 108 Å². The largest absolute Gasteiger partial charge is 0.399 e. The quantitative estimate of drug-likeness (QED) is 0.669. The highest BCUT2D eigenvalue weighted by Crippen LogP contribution is 2.12. The molecule has 0 aliphatic carbocycles. The summed E-state index contributed by atoms with van der Waals surface area (Å²) in [7, 11) is 0. The third-order valence-electron chi connectivity index (χ3n) is 2.78. The number of nitrogen functional groups attached to an aromatic ring is 1. The molecule has 0 bridgehead atoms. The second kappa shape index (κ2) is 7.01. The van der Waals surface area contributed by atoms with Crippen molar-refractivity contribution in [2.24, 2.45) is 0 Å². The number of hydrogen-bond donors (Lipinski definition) is 3. The van der Waals surface area contributed by atoms with Crippen molar-refractivity contribution in [3.05, 3.63) is 29.8 Å². The number of carbonyl (C=O) groups excluding carboxylic acids is 1. The molecule has 1 rings (SSSR count). The summed E-state index contributed by atoms with van der Waals surface area (Å²) in [6.07, 6.45) is 1.22. The van der Waals surface area contributed by atoms with Gasteiger partial charge in [0, 0.05) is 18.2 Å². The van der Waals surface area contributed by atoms with Gasteiger partial charge in [-0.05, 0) is 38.3 Å². The summed E-state index contributed by atoms with van der Waals surface area (Å²) in [6.45, 7) is 3.61. The molecule has 2 atom stereocenters. The molecule has 4 N–H and O–H groups in total. The molecule has 1 amide bonds. The Hall–Kier alpha value is -1.55. The van der Waals surface area contributed by atoms with Crippen molar-refractivity contribution in [2.75, 3.05) is 5.73 Å². The van der Waals surface area contributed by atoms with E-state index in [0.717, 1.165) is 11.3 Å². The van der Waals surface area contributed by atoms with Crippen LogP contribution in [0.3, 0.4) is 0 Å². The minimum Gasteiger partial charge on any atom is -0.399 e. The van der Waals surface area contributed by atoms with Gasteiger partial charge in [0.2, 0.25) is 5.91 Å². The van der Waals surface area contributed by atoms with Gasteiger partial charge in [0.05, 0.1) is 6.10 Å². The van der Waals surface area contributed by atoms with E-state index < -0.39 is 6.10 Å². The van der Waals surface area contributed by atoms with Crippen LogP contribution in [0.15, 0.2) is 24.3 Å². The zero-order valence-electron chi connectivity index (χ0n) is 11.0. The predicted octanol–water partition coefficient (Wildman–Crippen LogP) is 1.48. The van der Waals surface area contributed by atoms with Crippen molar-refractivity contribution >= 4 is 11.6 Å². The topological polar surface area (TPSA) is 75.3 Å². The molecule has 0 spiro atoms. The van der Waals surface area contributed by atoms with E-state index in [1.165, 1.54) is 0 Å². The highest BCUT2D eigenvalue weighted by Gasteiger charge is 2.10. The first-order valence-corrected chi connectivity index (χ1v) is 6.30. The standard InChI is InChI=1S/C14H22N2O2/c1-10(9-11(2)17)16-14(18)8-7-12-5-3-4-6-13(12)15/h3-6,10-11,17H,7-9,15H2,1-2H3,(H,16,18). The fourth-order valence-electron chi connectivity index (χ4n) is 1.93. The molecule has 0 fully saturated rings. The van der Waals surface area contributed by atoms with E-state index in [0.29, 0.717) is 19.3 Å². The van der Waals surface area contributed by atoms with E-state index in [9.17, 15) is 9.90 Å². The molecule has 4 nitrogen and oxygen atoms in total. The number of aryl methyl sites for hydroxylation is 1. The number of para-hydroxylation sites is 1. The predicted molar refractivity (Wildman–Crippen MR) is 73.1 cm³/mol. The van der Waals surface area contributed by atoms with E-state index in [1.807, 2.05) is 31.2 Å². The minimum atomic E-state index is -0.398. The molecule has 0 aliphatic rings. The van der Waals surface area contributed by atoms with Crippen molar-refractivity contribution in [3.63, 3.8) is 0 Å². The van der Waals surface area contributed by atoms with E-state index in [1.54, 1.807) is 6.92 Å². The van der Waals surface area contributed by atoms with Gasteiger partial charge in [0.15, 0.2) is 0 Å². The SMILES string of the molecule is CC(O)CC(C)NC(=O)CCc1ccccc1N. The highest BCUT2D eigenvalue weighted by molar-refractivity contribution is 5.76. The molecule has 0 aliphatic heterocycles. The van der Waals surface area contributed by atoms with Crippen molar-refractivity contribution < 1.29 is 9.90 Å². The Morgan fingerprint density at radius 2 is 2.06 bits per heavy atom. The van der Waals surface area contributed by atoms with E-state index in [4.69, 9.17) is 5.73 Å². The fourth-order valence-corrected chi connectivity index (χ4v) is 1.93. The van der Waals surface area contributed by atoms with Crippen LogP contribution >= 0.6 is 0 Å². The number of nitrogens with one attached hydrogen (secondary N) is 1. The molecule has 4 heteroatoms. The zero-order chi connectivity index (χ0) is 13.5. The molecule has 0 saturated heterocycles. The third-order valence-corrected chi connectivity index (χ3v) is 2.78. The van der Waals surface area contributed by atoms with E-state index >= 15 is 0 Å². The normalized spacial score (nSPS) is 13.9. The zero-order valence-corrected chi connectivity index (χ0v) is 11.0. The van der Waals surface area contributed by atoms with Crippen LogP contribution in [0.5, 0.6) is 0 Å². The van der Waals surface area contributed by atoms with Crippen LogP contribution in [0.4, 0.5) is 5.69 Å². The molecule has 0 heterocycles. The van der Waals surface area contributed by atoms with Crippen molar-refractivity contribution in [1.82, 2.24) is 5.32 Å². The maximum Gasteiger partial charge on any atom is 0.220 e. The molecule has 0 radical (unpaired) electrons. The lowest BCUT2D eigenvalue weighted by Gasteiger charge is -2.15. The van der Waals surface area contributed by atoms with Crippen LogP contribution in [0.1, 0.15) is 32.3 Å². The molecule has 2 unspecified atom stereocenters. The maximum atomic E-state index is 11.7. The van der Waals surface area contributed by atoms with Gasteiger partial charge in [-0.1, -0.05) is 18.2 Å². The molecule has 0 saturated carbocycles. The number of amides is 1. The Morgan fingerprint density at radius 3 is 2.67 bits per heavy atom. The number of aliphatic hydroxyl groups excluding tert-OH is 1.